The zero-order chi connectivity index (χ0) is 14.4. The van der Waals surface area contributed by atoms with E-state index < -0.39 is 6.10 Å². The maximum absolute atomic E-state index is 12.0. The molecule has 1 aromatic rings. The van der Waals surface area contributed by atoms with E-state index in [1.807, 2.05) is 13.8 Å². The van der Waals surface area contributed by atoms with Crippen LogP contribution in [0.4, 0.5) is 5.69 Å². The Kier molecular flexibility index (Phi) is 6.12. The van der Waals surface area contributed by atoms with Crippen LogP contribution in [0.3, 0.4) is 0 Å². The van der Waals surface area contributed by atoms with E-state index in [4.69, 9.17) is 17.3 Å². The van der Waals surface area contributed by atoms with Crippen LogP contribution in [0, 0.1) is 5.92 Å². The van der Waals surface area contributed by atoms with E-state index in [-0.39, 0.29) is 18.4 Å². The molecule has 0 aromatic heterocycles. The minimum Gasteiger partial charge on any atom is -0.398 e. The number of rotatable bonds is 6. The number of carbonyl (C=O) groups excluding carboxylic acids is 1. The van der Waals surface area contributed by atoms with Crippen LogP contribution in [-0.4, -0.2) is 23.7 Å². The van der Waals surface area contributed by atoms with E-state index in [0.29, 0.717) is 16.3 Å². The summed E-state index contributed by atoms with van der Waals surface area (Å²) in [5, 5.41) is 13.1. The third-order valence-corrected chi connectivity index (χ3v) is 3.56. The number of anilines is 1. The molecule has 0 fully saturated rings. The molecule has 4 N–H and O–H groups in total. The van der Waals surface area contributed by atoms with Crippen LogP contribution in [-0.2, 0) is 0 Å². The monoisotopic (exact) mass is 284 g/mol. The van der Waals surface area contributed by atoms with Gasteiger partial charge < -0.3 is 16.2 Å². The van der Waals surface area contributed by atoms with Gasteiger partial charge in [-0.3, -0.25) is 4.79 Å². The molecule has 1 aromatic carbocycles. The molecule has 5 heteroatoms. The van der Waals surface area contributed by atoms with Gasteiger partial charge in [0.15, 0.2) is 0 Å². The number of carbonyl (C=O) groups is 1. The van der Waals surface area contributed by atoms with E-state index in [1.54, 1.807) is 12.1 Å². The highest BCUT2D eigenvalue weighted by molar-refractivity contribution is 6.31. The molecule has 0 aliphatic rings. The molecule has 19 heavy (non-hydrogen) atoms. The van der Waals surface area contributed by atoms with E-state index in [1.165, 1.54) is 6.07 Å². The highest BCUT2D eigenvalue weighted by atomic mass is 35.5. The summed E-state index contributed by atoms with van der Waals surface area (Å²) in [6.07, 6.45) is 1.22. The Bertz CT molecular complexity index is 433. The predicted molar refractivity (Wildman–Crippen MR) is 78.3 cm³/mol. The van der Waals surface area contributed by atoms with Gasteiger partial charge in [0, 0.05) is 17.3 Å². The van der Waals surface area contributed by atoms with Crippen molar-refractivity contribution in [3.05, 3.63) is 28.8 Å². The standard InChI is InChI=1S/C14H21ClN2O2/c1-3-9(4-2)13(18)8-17-14(19)11-7-10(15)5-6-12(11)16/h5-7,9,13,18H,3-4,8,16H2,1-2H3,(H,17,19). The van der Waals surface area contributed by atoms with Crippen LogP contribution < -0.4 is 11.1 Å². The van der Waals surface area contributed by atoms with Crippen molar-refractivity contribution in [3.8, 4) is 0 Å². The molecule has 0 radical (unpaired) electrons. The van der Waals surface area contributed by atoms with Crippen molar-refractivity contribution in [1.82, 2.24) is 5.32 Å². The smallest absolute Gasteiger partial charge is 0.253 e. The van der Waals surface area contributed by atoms with Gasteiger partial charge in [-0.05, 0) is 24.1 Å². The highest BCUT2D eigenvalue weighted by Gasteiger charge is 2.17. The Labute approximate surface area is 118 Å². The molecule has 1 atom stereocenters. The summed E-state index contributed by atoms with van der Waals surface area (Å²) in [5.41, 5.74) is 6.44. The molecule has 1 unspecified atom stereocenters. The number of hydrogen-bond acceptors (Lipinski definition) is 3. The first-order valence-electron chi connectivity index (χ1n) is 6.50. The maximum atomic E-state index is 12.0. The largest absolute Gasteiger partial charge is 0.398 e. The minimum absolute atomic E-state index is 0.192. The predicted octanol–water partition coefficient (Wildman–Crippen LogP) is 2.45. The number of nitrogen functional groups attached to an aromatic ring is 1. The summed E-state index contributed by atoms with van der Waals surface area (Å²) < 4.78 is 0. The molecule has 0 aliphatic heterocycles. The second-order valence-electron chi connectivity index (χ2n) is 4.59. The SMILES string of the molecule is CCC(CC)C(O)CNC(=O)c1cc(Cl)ccc1N. The minimum atomic E-state index is -0.542. The average molecular weight is 285 g/mol. The first-order chi connectivity index (χ1) is 8.99. The highest BCUT2D eigenvalue weighted by Crippen LogP contribution is 2.18. The fourth-order valence-electron chi connectivity index (χ4n) is 2.02. The van der Waals surface area contributed by atoms with Gasteiger partial charge in [0.1, 0.15) is 0 Å². The maximum Gasteiger partial charge on any atom is 0.253 e. The Hall–Kier alpha value is -1.26. The lowest BCUT2D eigenvalue weighted by molar-refractivity contribution is 0.0817. The van der Waals surface area contributed by atoms with E-state index in [9.17, 15) is 9.90 Å². The molecule has 0 saturated heterocycles. The molecular formula is C14H21ClN2O2. The Morgan fingerprint density at radius 1 is 1.42 bits per heavy atom. The summed E-state index contributed by atoms with van der Waals surface area (Å²) in [7, 11) is 0. The van der Waals surface area contributed by atoms with Gasteiger partial charge in [0.05, 0.1) is 11.7 Å². The van der Waals surface area contributed by atoms with E-state index in [0.717, 1.165) is 12.8 Å². The van der Waals surface area contributed by atoms with E-state index >= 15 is 0 Å². The topological polar surface area (TPSA) is 75.3 Å². The fraction of sp³-hybridized carbons (Fsp3) is 0.500. The lowest BCUT2D eigenvalue weighted by atomic mass is 9.96. The summed E-state index contributed by atoms with van der Waals surface area (Å²) in [6, 6.07) is 4.75. The second-order valence-corrected chi connectivity index (χ2v) is 5.02. The molecule has 0 bridgehead atoms. The number of amides is 1. The zero-order valence-corrected chi connectivity index (χ0v) is 12.1. The first-order valence-corrected chi connectivity index (χ1v) is 6.88. The Morgan fingerprint density at radius 2 is 2.05 bits per heavy atom. The molecule has 0 aliphatic carbocycles. The summed E-state index contributed by atoms with van der Waals surface area (Å²) >= 11 is 5.83. The second kappa shape index (κ2) is 7.36. The van der Waals surface area contributed by atoms with Crippen molar-refractivity contribution in [2.45, 2.75) is 32.8 Å². The number of hydrogen-bond donors (Lipinski definition) is 3. The summed E-state index contributed by atoms with van der Waals surface area (Å²) in [4.78, 5) is 12.0. The van der Waals surface area contributed by atoms with Crippen LogP contribution >= 0.6 is 11.6 Å². The third kappa shape index (κ3) is 4.40. The number of aliphatic hydroxyl groups is 1. The van der Waals surface area contributed by atoms with Crippen molar-refractivity contribution in [1.29, 1.82) is 0 Å². The van der Waals surface area contributed by atoms with E-state index in [2.05, 4.69) is 5.32 Å². The van der Waals surface area contributed by atoms with Crippen molar-refractivity contribution < 1.29 is 9.90 Å². The molecule has 0 heterocycles. The van der Waals surface area contributed by atoms with Crippen LogP contribution in [0.2, 0.25) is 5.02 Å². The quantitative estimate of drug-likeness (QED) is 0.702. The van der Waals surface area contributed by atoms with Crippen LogP contribution in [0.1, 0.15) is 37.0 Å². The molecule has 1 rings (SSSR count). The number of nitrogens with one attached hydrogen (secondary N) is 1. The number of halogens is 1. The van der Waals surface area contributed by atoms with Gasteiger partial charge >= 0.3 is 0 Å². The Morgan fingerprint density at radius 3 is 2.63 bits per heavy atom. The van der Waals surface area contributed by atoms with Crippen molar-refractivity contribution in [3.63, 3.8) is 0 Å². The molecule has 0 spiro atoms. The average Bonchev–Trinajstić information content (AvgIpc) is 2.40. The van der Waals surface area contributed by atoms with Gasteiger partial charge in [-0.15, -0.1) is 0 Å². The summed E-state index contributed by atoms with van der Waals surface area (Å²) in [5.74, 6) is -0.123. The molecule has 1 amide bonds. The lowest BCUT2D eigenvalue weighted by Gasteiger charge is -2.20. The zero-order valence-electron chi connectivity index (χ0n) is 11.3. The normalized spacial score (nSPS) is 12.5. The molecule has 106 valence electrons. The van der Waals surface area contributed by atoms with Gasteiger partial charge in [0.2, 0.25) is 0 Å². The molecule has 4 nitrogen and oxygen atoms in total. The number of nitrogens with two attached hydrogens (primary N) is 1. The number of benzene rings is 1. The lowest BCUT2D eigenvalue weighted by Crippen LogP contribution is -2.36. The summed E-state index contributed by atoms with van der Waals surface area (Å²) in [6.45, 7) is 4.26. The van der Waals surface area contributed by atoms with Crippen molar-refractivity contribution >= 4 is 23.2 Å². The first kappa shape index (κ1) is 15.8. The number of aliphatic hydroxyl groups excluding tert-OH is 1. The Balaban J connectivity index is 2.63. The molecule has 0 saturated carbocycles. The van der Waals surface area contributed by atoms with Crippen molar-refractivity contribution in [2.24, 2.45) is 5.92 Å². The van der Waals surface area contributed by atoms with Crippen LogP contribution in [0.25, 0.3) is 0 Å². The van der Waals surface area contributed by atoms with Gasteiger partial charge in [-0.2, -0.15) is 0 Å². The van der Waals surface area contributed by atoms with Gasteiger partial charge in [-0.1, -0.05) is 38.3 Å². The molecular weight excluding hydrogens is 264 g/mol. The van der Waals surface area contributed by atoms with Crippen LogP contribution in [0.15, 0.2) is 18.2 Å². The van der Waals surface area contributed by atoms with Crippen LogP contribution in [0.5, 0.6) is 0 Å². The van der Waals surface area contributed by atoms with Crippen molar-refractivity contribution in [2.75, 3.05) is 12.3 Å². The van der Waals surface area contributed by atoms with Gasteiger partial charge in [-0.25, -0.2) is 0 Å². The van der Waals surface area contributed by atoms with Gasteiger partial charge in [0.25, 0.3) is 5.91 Å². The third-order valence-electron chi connectivity index (χ3n) is 3.32. The fourth-order valence-corrected chi connectivity index (χ4v) is 2.19.